The molecule has 2 rings (SSSR count). The van der Waals surface area contributed by atoms with Gasteiger partial charge in [0, 0.05) is 29.2 Å². The van der Waals surface area contributed by atoms with Gasteiger partial charge in [-0.05, 0) is 12.2 Å². The molecule has 2 amide bonds. The van der Waals surface area contributed by atoms with Gasteiger partial charge in [-0.3, -0.25) is 9.59 Å². The number of para-hydroxylation sites is 1. The Morgan fingerprint density at radius 1 is 1.08 bits per heavy atom. The minimum atomic E-state index is -0.592. The van der Waals surface area contributed by atoms with Gasteiger partial charge in [0.1, 0.15) is 5.75 Å². The fourth-order valence-electron chi connectivity index (χ4n) is 2.19. The maximum absolute atomic E-state index is 12.0. The lowest BCUT2D eigenvalue weighted by molar-refractivity contribution is -0.114. The van der Waals surface area contributed by atoms with Gasteiger partial charge in [0.15, 0.2) is 11.9 Å². The third kappa shape index (κ3) is 4.93. The van der Waals surface area contributed by atoms with Crippen LogP contribution < -0.4 is 27.7 Å². The van der Waals surface area contributed by atoms with Gasteiger partial charge in [-0.25, -0.2) is 0 Å². The number of rotatable bonds is 3. The van der Waals surface area contributed by atoms with E-state index in [-0.39, 0.29) is 18.5 Å². The second-order valence-electron chi connectivity index (χ2n) is 5.08. The number of ether oxygens (including phenoxy) is 1. The third-order valence-corrected chi connectivity index (χ3v) is 3.17. The number of nitrogens with two attached hydrogens (primary N) is 4. The smallest absolute Gasteiger partial charge is 0.276 e. The summed E-state index contributed by atoms with van der Waals surface area (Å²) >= 11 is 0. The Bertz CT molecular complexity index is 815. The zero-order valence-corrected chi connectivity index (χ0v) is 13.3. The normalized spacial score (nSPS) is 13.0. The summed E-state index contributed by atoms with van der Waals surface area (Å²) in [7, 11) is 0. The molecule has 0 bridgehead atoms. The molecule has 130 valence electrons. The highest BCUT2D eigenvalue weighted by Crippen LogP contribution is 2.31. The highest BCUT2D eigenvalue weighted by atomic mass is 16.5. The first kappa shape index (κ1) is 17.7. The van der Waals surface area contributed by atoms with Gasteiger partial charge in [0.25, 0.3) is 11.8 Å². The lowest BCUT2D eigenvalue weighted by Gasteiger charge is -2.09. The van der Waals surface area contributed by atoms with Crippen LogP contribution in [0.25, 0.3) is 12.2 Å². The molecule has 0 radical (unpaired) electrons. The van der Waals surface area contributed by atoms with E-state index in [0.29, 0.717) is 28.9 Å². The largest absolute Gasteiger partial charge is 0.492 e. The molecule has 25 heavy (non-hydrogen) atoms. The number of amides is 2. The van der Waals surface area contributed by atoms with E-state index in [4.69, 9.17) is 27.7 Å². The molecule has 1 heterocycles. The number of aliphatic imine (C=N–C) groups is 2. The second-order valence-corrected chi connectivity index (χ2v) is 5.08. The van der Waals surface area contributed by atoms with E-state index in [1.54, 1.807) is 24.3 Å². The first-order chi connectivity index (χ1) is 11.9. The van der Waals surface area contributed by atoms with Crippen molar-refractivity contribution < 1.29 is 14.3 Å². The Morgan fingerprint density at radius 3 is 2.48 bits per heavy atom. The van der Waals surface area contributed by atoms with E-state index >= 15 is 0 Å². The third-order valence-electron chi connectivity index (χ3n) is 3.17. The van der Waals surface area contributed by atoms with Gasteiger partial charge in [0.05, 0.1) is 6.61 Å². The molecule has 0 saturated carbocycles. The lowest BCUT2D eigenvalue weighted by Crippen LogP contribution is -2.24. The van der Waals surface area contributed by atoms with Crippen molar-refractivity contribution in [1.82, 2.24) is 0 Å². The van der Waals surface area contributed by atoms with Gasteiger partial charge in [0.2, 0.25) is 0 Å². The lowest BCUT2D eigenvalue weighted by atomic mass is 10.0. The van der Waals surface area contributed by atoms with Crippen molar-refractivity contribution >= 4 is 35.9 Å². The van der Waals surface area contributed by atoms with Crippen LogP contribution in [0.2, 0.25) is 0 Å². The second kappa shape index (κ2) is 7.77. The Morgan fingerprint density at radius 2 is 1.80 bits per heavy atom. The molecule has 9 heteroatoms. The first-order valence-corrected chi connectivity index (χ1v) is 7.29. The summed E-state index contributed by atoms with van der Waals surface area (Å²) in [4.78, 5) is 30.5. The predicted octanol–water partition coefficient (Wildman–Crippen LogP) is -0.534. The van der Waals surface area contributed by atoms with Crippen molar-refractivity contribution in [1.29, 1.82) is 0 Å². The molecule has 0 atom stereocenters. The molecule has 1 aliphatic heterocycles. The average Bonchev–Trinajstić information content (AvgIpc) is 2.74. The molecule has 0 aromatic heterocycles. The summed E-state index contributed by atoms with van der Waals surface area (Å²) in [6.07, 6.45) is 4.76. The Hall–Kier alpha value is -3.62. The van der Waals surface area contributed by atoms with Crippen LogP contribution in [0.15, 0.2) is 39.8 Å². The van der Waals surface area contributed by atoms with Crippen LogP contribution in [-0.2, 0) is 9.59 Å². The number of hydrogen-bond acceptors (Lipinski definition) is 3. The van der Waals surface area contributed by atoms with Gasteiger partial charge in [-0.15, -0.1) is 0 Å². The minimum absolute atomic E-state index is 0.261. The molecule has 1 aliphatic rings. The number of fused-ring (bicyclic) bond motifs is 1. The van der Waals surface area contributed by atoms with Crippen molar-refractivity contribution in [2.75, 3.05) is 6.61 Å². The maximum atomic E-state index is 12.0. The van der Waals surface area contributed by atoms with Crippen molar-refractivity contribution in [3.05, 3.63) is 41.0 Å². The van der Waals surface area contributed by atoms with Crippen LogP contribution in [-0.4, -0.2) is 30.3 Å². The maximum Gasteiger partial charge on any atom is 0.276 e. The van der Waals surface area contributed by atoms with E-state index in [9.17, 15) is 9.59 Å². The highest BCUT2D eigenvalue weighted by molar-refractivity contribution is 6.04. The van der Waals surface area contributed by atoms with Crippen molar-refractivity contribution in [2.45, 2.75) is 6.42 Å². The summed E-state index contributed by atoms with van der Waals surface area (Å²) < 4.78 is 5.72. The molecule has 9 nitrogen and oxygen atoms in total. The topological polar surface area (TPSA) is 172 Å². The molecule has 0 spiro atoms. The fraction of sp³-hybridized carbons (Fsp3) is 0.125. The molecule has 0 fully saturated rings. The quantitative estimate of drug-likeness (QED) is 0.324. The molecule has 1 aromatic carbocycles. The number of nitrogens with zero attached hydrogens (tertiary/aromatic N) is 2. The van der Waals surface area contributed by atoms with Crippen LogP contribution in [0.5, 0.6) is 5.75 Å². The van der Waals surface area contributed by atoms with Crippen LogP contribution in [0, 0.1) is 0 Å². The van der Waals surface area contributed by atoms with Crippen LogP contribution in [0.4, 0.5) is 0 Å². The number of benzene rings is 1. The van der Waals surface area contributed by atoms with Gasteiger partial charge < -0.3 is 27.7 Å². The van der Waals surface area contributed by atoms with Crippen molar-refractivity contribution in [2.24, 2.45) is 32.9 Å². The van der Waals surface area contributed by atoms with E-state index in [1.807, 2.05) is 0 Å². The molecule has 0 aliphatic carbocycles. The number of guanidine groups is 2. The summed E-state index contributed by atoms with van der Waals surface area (Å²) in [5.41, 5.74) is 22.5. The summed E-state index contributed by atoms with van der Waals surface area (Å²) in [6, 6.07) is 5.30. The van der Waals surface area contributed by atoms with Crippen molar-refractivity contribution in [3.63, 3.8) is 0 Å². The molecule has 8 N–H and O–H groups in total. The Balaban J connectivity index is 2.35. The Kier molecular flexibility index (Phi) is 5.51. The van der Waals surface area contributed by atoms with Gasteiger partial charge in [-0.1, -0.05) is 18.2 Å². The molecule has 1 aromatic rings. The SMILES string of the molecule is NC(N)=NC(=O)/C=C/c1cccc2c1OCCC(C(=O)N=C(N)N)=C2. The highest BCUT2D eigenvalue weighted by Gasteiger charge is 2.16. The average molecular weight is 342 g/mol. The summed E-state index contributed by atoms with van der Waals surface area (Å²) in [5, 5.41) is 0. The molecule has 0 unspecified atom stereocenters. The fourth-order valence-corrected chi connectivity index (χ4v) is 2.19. The zero-order chi connectivity index (χ0) is 18.4. The molecule has 0 saturated heterocycles. The number of carbonyl (C=O) groups is 2. The molecular formula is C16H18N6O3. The number of hydrogen-bond donors (Lipinski definition) is 4. The minimum Gasteiger partial charge on any atom is -0.492 e. The van der Waals surface area contributed by atoms with Crippen LogP contribution >= 0.6 is 0 Å². The Labute approximate surface area is 143 Å². The van der Waals surface area contributed by atoms with Crippen LogP contribution in [0.1, 0.15) is 17.5 Å². The van der Waals surface area contributed by atoms with Crippen LogP contribution in [0.3, 0.4) is 0 Å². The summed E-state index contributed by atoms with van der Waals surface area (Å²) in [6.45, 7) is 0.261. The predicted molar refractivity (Wildman–Crippen MR) is 95.2 cm³/mol. The standard InChI is InChI=1S/C16H18N6O3/c17-15(18)21-12(23)5-4-9-2-1-3-10-8-11(6-7-25-13(9)10)14(24)22-16(19)20/h1-5,8H,6-7H2,(H4,17,18,21,23)(H4,19,20,22,24)/b5-4+. The van der Waals surface area contributed by atoms with Crippen molar-refractivity contribution in [3.8, 4) is 5.75 Å². The number of carbonyl (C=O) groups excluding carboxylic acids is 2. The van der Waals surface area contributed by atoms with E-state index in [1.165, 1.54) is 12.2 Å². The van der Waals surface area contributed by atoms with E-state index < -0.39 is 11.8 Å². The van der Waals surface area contributed by atoms with Gasteiger partial charge in [-0.2, -0.15) is 9.98 Å². The zero-order valence-electron chi connectivity index (χ0n) is 13.3. The monoisotopic (exact) mass is 342 g/mol. The summed E-state index contributed by atoms with van der Waals surface area (Å²) in [5.74, 6) is -1.19. The first-order valence-electron chi connectivity index (χ1n) is 7.29. The van der Waals surface area contributed by atoms with E-state index in [2.05, 4.69) is 9.98 Å². The molecular weight excluding hydrogens is 324 g/mol. The van der Waals surface area contributed by atoms with E-state index in [0.717, 1.165) is 0 Å². The van der Waals surface area contributed by atoms with Gasteiger partial charge >= 0.3 is 0 Å².